The molecule has 3 rings (SSSR count). The van der Waals surface area contributed by atoms with Gasteiger partial charge in [-0.1, -0.05) is 19.1 Å². The highest BCUT2D eigenvalue weighted by molar-refractivity contribution is 5.93. The Hall–Kier alpha value is -1.75. The maximum atomic E-state index is 12.6. The fraction of sp³-hybridized carbons (Fsp3) is 0.632. The van der Waals surface area contributed by atoms with Crippen molar-refractivity contribution in [3.8, 4) is 0 Å². The van der Waals surface area contributed by atoms with Crippen LogP contribution in [0.2, 0.25) is 0 Å². The Balaban J connectivity index is 1.66. The number of hydrogen-bond donors (Lipinski definition) is 1. The zero-order valence-corrected chi connectivity index (χ0v) is 15.2. The number of hydrogen-bond acceptors (Lipinski definition) is 3. The fourth-order valence-corrected chi connectivity index (χ4v) is 3.44. The van der Waals surface area contributed by atoms with Crippen LogP contribution in [0, 0.1) is 5.92 Å². The van der Waals surface area contributed by atoms with Gasteiger partial charge in [-0.15, -0.1) is 0 Å². The van der Waals surface area contributed by atoms with Crippen LogP contribution in [0.3, 0.4) is 0 Å². The minimum absolute atomic E-state index is 0.00551. The van der Waals surface area contributed by atoms with E-state index in [4.69, 9.17) is 0 Å². The maximum Gasteiger partial charge on any atom is 0.321 e. The lowest BCUT2D eigenvalue weighted by Gasteiger charge is -2.36. The average Bonchev–Trinajstić information content (AvgIpc) is 3.46. The van der Waals surface area contributed by atoms with Crippen molar-refractivity contribution in [1.29, 1.82) is 0 Å². The minimum Gasteiger partial charge on any atom is -0.367 e. The highest BCUT2D eigenvalue weighted by Gasteiger charge is 2.32. The van der Waals surface area contributed by atoms with Crippen molar-refractivity contribution in [3.05, 3.63) is 24.3 Å². The molecule has 1 saturated carbocycles. The van der Waals surface area contributed by atoms with Crippen molar-refractivity contribution in [2.24, 2.45) is 5.92 Å². The standard InChI is InChI=1S/C19H30N4O/c1-4-22-11-13-23(14-12-22)18-8-6-5-7-17(18)20-19(24)21(3)15(2)16-9-10-16/h5-8,15-16H,4,9-14H2,1-3H3,(H,20,24)/t15-/m1/s1. The second-order valence-electron chi connectivity index (χ2n) is 7.06. The first kappa shape index (κ1) is 17.1. The molecule has 24 heavy (non-hydrogen) atoms. The van der Waals surface area contributed by atoms with Gasteiger partial charge in [0.25, 0.3) is 0 Å². The van der Waals surface area contributed by atoms with E-state index in [-0.39, 0.29) is 6.03 Å². The number of nitrogens with zero attached hydrogens (tertiary/aromatic N) is 3. The molecule has 1 saturated heterocycles. The molecule has 1 aromatic rings. The van der Waals surface area contributed by atoms with Crippen molar-refractivity contribution in [2.75, 3.05) is 50.0 Å². The molecule has 1 aliphatic heterocycles. The topological polar surface area (TPSA) is 38.8 Å². The molecule has 0 aromatic heterocycles. The predicted molar refractivity (Wildman–Crippen MR) is 99.7 cm³/mol. The van der Waals surface area contributed by atoms with Gasteiger partial charge in [0.1, 0.15) is 0 Å². The second-order valence-corrected chi connectivity index (χ2v) is 7.06. The first-order valence-corrected chi connectivity index (χ1v) is 9.20. The molecule has 2 fully saturated rings. The first-order chi connectivity index (χ1) is 11.6. The van der Waals surface area contributed by atoms with Gasteiger partial charge in [-0.3, -0.25) is 0 Å². The van der Waals surface area contributed by atoms with Crippen molar-refractivity contribution < 1.29 is 4.79 Å². The smallest absolute Gasteiger partial charge is 0.321 e. The van der Waals surface area contributed by atoms with Crippen molar-refractivity contribution in [2.45, 2.75) is 32.7 Å². The largest absolute Gasteiger partial charge is 0.367 e. The molecule has 1 atom stereocenters. The summed E-state index contributed by atoms with van der Waals surface area (Å²) in [4.78, 5) is 19.3. The number of carbonyl (C=O) groups excluding carboxylic acids is 1. The van der Waals surface area contributed by atoms with E-state index >= 15 is 0 Å². The molecular formula is C19H30N4O. The summed E-state index contributed by atoms with van der Waals surface area (Å²) in [6.45, 7) is 9.64. The Kier molecular flexibility index (Phi) is 5.29. The number of amides is 2. The second kappa shape index (κ2) is 7.43. The molecule has 1 aromatic carbocycles. The van der Waals surface area contributed by atoms with E-state index in [1.54, 1.807) is 0 Å². The van der Waals surface area contributed by atoms with Crippen molar-refractivity contribution in [1.82, 2.24) is 9.80 Å². The molecule has 0 radical (unpaired) electrons. The van der Waals surface area contributed by atoms with Gasteiger partial charge in [0, 0.05) is 39.3 Å². The van der Waals surface area contributed by atoms with E-state index in [0.29, 0.717) is 12.0 Å². The lowest BCUT2D eigenvalue weighted by molar-refractivity contribution is 0.201. The third-order valence-electron chi connectivity index (χ3n) is 5.54. The summed E-state index contributed by atoms with van der Waals surface area (Å²) in [5.74, 6) is 0.679. The summed E-state index contributed by atoms with van der Waals surface area (Å²) in [5.41, 5.74) is 2.05. The molecule has 2 amide bonds. The Labute approximate surface area is 145 Å². The van der Waals surface area contributed by atoms with Crippen LogP contribution < -0.4 is 10.2 Å². The van der Waals surface area contributed by atoms with Crippen LogP contribution in [0.4, 0.5) is 16.2 Å². The summed E-state index contributed by atoms with van der Waals surface area (Å²) in [5, 5.41) is 3.13. The van der Waals surface area contributed by atoms with Gasteiger partial charge in [-0.2, -0.15) is 0 Å². The Morgan fingerprint density at radius 3 is 2.54 bits per heavy atom. The van der Waals surface area contributed by atoms with Crippen LogP contribution >= 0.6 is 0 Å². The number of benzene rings is 1. The molecule has 5 nitrogen and oxygen atoms in total. The predicted octanol–water partition coefficient (Wildman–Crippen LogP) is 3.09. The van der Waals surface area contributed by atoms with Gasteiger partial charge in [0.05, 0.1) is 11.4 Å². The summed E-state index contributed by atoms with van der Waals surface area (Å²) < 4.78 is 0. The minimum atomic E-state index is -0.00551. The number of para-hydroxylation sites is 2. The van der Waals surface area contributed by atoms with Crippen molar-refractivity contribution in [3.63, 3.8) is 0 Å². The molecule has 2 aliphatic rings. The third kappa shape index (κ3) is 3.83. The number of rotatable bonds is 5. The monoisotopic (exact) mass is 330 g/mol. The van der Waals surface area contributed by atoms with Crippen LogP contribution in [0.5, 0.6) is 0 Å². The molecule has 1 N–H and O–H groups in total. The normalized spacial score (nSPS) is 19.9. The number of anilines is 2. The zero-order valence-electron chi connectivity index (χ0n) is 15.2. The van der Waals surface area contributed by atoms with Crippen LogP contribution in [0.1, 0.15) is 26.7 Å². The Bertz CT molecular complexity index is 564. The highest BCUT2D eigenvalue weighted by Crippen LogP contribution is 2.35. The summed E-state index contributed by atoms with van der Waals surface area (Å²) >= 11 is 0. The highest BCUT2D eigenvalue weighted by atomic mass is 16.2. The molecule has 1 aliphatic carbocycles. The van der Waals surface area contributed by atoms with E-state index < -0.39 is 0 Å². The van der Waals surface area contributed by atoms with Crippen LogP contribution in [-0.4, -0.2) is 61.6 Å². The SMILES string of the molecule is CCN1CCN(c2ccccc2NC(=O)N(C)[C@H](C)C2CC2)CC1. The van der Waals surface area contributed by atoms with E-state index in [2.05, 4.69) is 35.0 Å². The molecule has 1 heterocycles. The number of piperazine rings is 1. The fourth-order valence-electron chi connectivity index (χ4n) is 3.44. The third-order valence-corrected chi connectivity index (χ3v) is 5.54. The molecule has 5 heteroatoms. The van der Waals surface area contributed by atoms with Gasteiger partial charge in [0.15, 0.2) is 0 Å². The van der Waals surface area contributed by atoms with Gasteiger partial charge in [-0.25, -0.2) is 4.79 Å². The summed E-state index contributed by atoms with van der Waals surface area (Å²) in [7, 11) is 1.90. The van der Waals surface area contributed by atoms with Crippen LogP contribution in [0.25, 0.3) is 0 Å². The number of nitrogens with one attached hydrogen (secondary N) is 1. The van der Waals surface area contributed by atoms with Crippen molar-refractivity contribution >= 4 is 17.4 Å². The Morgan fingerprint density at radius 2 is 1.92 bits per heavy atom. The molecule has 0 spiro atoms. The van der Waals surface area contributed by atoms with E-state index in [0.717, 1.165) is 44.1 Å². The lowest BCUT2D eigenvalue weighted by Crippen LogP contribution is -2.46. The average molecular weight is 330 g/mol. The van der Waals surface area contributed by atoms with E-state index in [1.165, 1.54) is 12.8 Å². The number of urea groups is 1. The van der Waals surface area contributed by atoms with Gasteiger partial charge < -0.3 is 20.0 Å². The first-order valence-electron chi connectivity index (χ1n) is 9.20. The quantitative estimate of drug-likeness (QED) is 0.902. The molecule has 132 valence electrons. The molecule has 0 bridgehead atoms. The van der Waals surface area contributed by atoms with Crippen LogP contribution in [-0.2, 0) is 0 Å². The zero-order chi connectivity index (χ0) is 17.1. The van der Waals surface area contributed by atoms with E-state index in [9.17, 15) is 4.79 Å². The Morgan fingerprint density at radius 1 is 1.25 bits per heavy atom. The van der Waals surface area contributed by atoms with Crippen LogP contribution in [0.15, 0.2) is 24.3 Å². The molecular weight excluding hydrogens is 300 g/mol. The summed E-state index contributed by atoms with van der Waals surface area (Å²) in [6.07, 6.45) is 2.49. The van der Waals surface area contributed by atoms with Gasteiger partial charge in [-0.05, 0) is 44.4 Å². The van der Waals surface area contributed by atoms with E-state index in [1.807, 2.05) is 30.1 Å². The van der Waals surface area contributed by atoms with Gasteiger partial charge >= 0.3 is 6.03 Å². The van der Waals surface area contributed by atoms with Gasteiger partial charge in [0.2, 0.25) is 0 Å². The lowest BCUT2D eigenvalue weighted by atomic mass is 10.2. The maximum absolute atomic E-state index is 12.6. The number of likely N-dealkylation sites (N-methyl/N-ethyl adjacent to an activating group) is 1. The number of carbonyl (C=O) groups is 1. The summed E-state index contributed by atoms with van der Waals surface area (Å²) in [6, 6.07) is 8.47. The molecule has 0 unspecified atom stereocenters.